The Hall–Kier alpha value is -2.41. The van der Waals surface area contributed by atoms with E-state index in [1.807, 2.05) is 5.43 Å². The SMILES string of the molecule is NNC(=O)c1nc2ccccc2c(=O)n1N. The molecule has 0 aliphatic carbocycles. The summed E-state index contributed by atoms with van der Waals surface area (Å²) in [6.07, 6.45) is 0. The smallest absolute Gasteiger partial charge is 0.303 e. The van der Waals surface area contributed by atoms with Crippen LogP contribution in [0.4, 0.5) is 0 Å². The monoisotopic (exact) mass is 219 g/mol. The van der Waals surface area contributed by atoms with E-state index in [4.69, 9.17) is 11.7 Å². The summed E-state index contributed by atoms with van der Waals surface area (Å²) in [6, 6.07) is 6.59. The van der Waals surface area contributed by atoms with Crippen molar-refractivity contribution in [3.8, 4) is 0 Å². The molecule has 7 heteroatoms. The molecule has 0 radical (unpaired) electrons. The van der Waals surface area contributed by atoms with Crippen LogP contribution in [0.1, 0.15) is 10.6 Å². The second kappa shape index (κ2) is 3.63. The summed E-state index contributed by atoms with van der Waals surface area (Å²) >= 11 is 0. The van der Waals surface area contributed by atoms with Gasteiger partial charge in [-0.15, -0.1) is 0 Å². The molecule has 16 heavy (non-hydrogen) atoms. The van der Waals surface area contributed by atoms with Gasteiger partial charge in [-0.2, -0.15) is 0 Å². The first kappa shape index (κ1) is 10.1. The van der Waals surface area contributed by atoms with Crippen LogP contribution in [0.25, 0.3) is 10.9 Å². The van der Waals surface area contributed by atoms with Gasteiger partial charge in [0, 0.05) is 0 Å². The van der Waals surface area contributed by atoms with Gasteiger partial charge in [0.25, 0.3) is 5.56 Å². The molecular formula is C9H9N5O2. The number of carbonyl (C=O) groups excluding carboxylic acids is 1. The number of hydrogen-bond acceptors (Lipinski definition) is 5. The average Bonchev–Trinajstić information content (AvgIpc) is 2.33. The lowest BCUT2D eigenvalue weighted by atomic mass is 10.2. The molecule has 1 heterocycles. The molecular weight excluding hydrogens is 210 g/mol. The number of hydrogen-bond donors (Lipinski definition) is 3. The molecule has 2 aromatic rings. The second-order valence-corrected chi connectivity index (χ2v) is 3.10. The normalized spacial score (nSPS) is 10.3. The van der Waals surface area contributed by atoms with Crippen LogP contribution in [0.5, 0.6) is 0 Å². The zero-order chi connectivity index (χ0) is 11.7. The molecule has 1 aromatic carbocycles. The van der Waals surface area contributed by atoms with Crippen LogP contribution in [0.2, 0.25) is 0 Å². The molecule has 0 aliphatic rings. The summed E-state index contributed by atoms with van der Waals surface area (Å²) in [5.74, 6) is 9.46. The number of nitrogens with zero attached hydrogens (tertiary/aromatic N) is 2. The maximum absolute atomic E-state index is 11.7. The van der Waals surface area contributed by atoms with E-state index in [1.165, 1.54) is 0 Å². The topological polar surface area (TPSA) is 116 Å². The van der Waals surface area contributed by atoms with Gasteiger partial charge in [-0.25, -0.2) is 15.5 Å². The summed E-state index contributed by atoms with van der Waals surface area (Å²) in [5, 5.41) is 0.346. The first-order valence-electron chi connectivity index (χ1n) is 4.43. The van der Waals surface area contributed by atoms with E-state index in [1.54, 1.807) is 24.3 Å². The fraction of sp³-hybridized carbons (Fsp3) is 0. The van der Waals surface area contributed by atoms with Gasteiger partial charge in [-0.1, -0.05) is 12.1 Å². The minimum atomic E-state index is -0.717. The van der Waals surface area contributed by atoms with E-state index in [0.29, 0.717) is 15.6 Å². The molecule has 0 atom stereocenters. The van der Waals surface area contributed by atoms with Gasteiger partial charge in [0.05, 0.1) is 10.9 Å². The largest absolute Gasteiger partial charge is 0.334 e. The number of carbonyl (C=O) groups is 1. The molecule has 1 amide bonds. The Morgan fingerprint density at radius 3 is 2.75 bits per heavy atom. The maximum Gasteiger partial charge on any atom is 0.303 e. The third-order valence-corrected chi connectivity index (χ3v) is 2.14. The van der Waals surface area contributed by atoms with E-state index >= 15 is 0 Å². The lowest BCUT2D eigenvalue weighted by Crippen LogP contribution is -2.40. The van der Waals surface area contributed by atoms with Gasteiger partial charge in [-0.3, -0.25) is 15.0 Å². The Morgan fingerprint density at radius 2 is 2.06 bits per heavy atom. The third-order valence-electron chi connectivity index (χ3n) is 2.14. The predicted octanol–water partition coefficient (Wildman–Crippen LogP) is -1.29. The van der Waals surface area contributed by atoms with Crippen molar-refractivity contribution in [1.29, 1.82) is 0 Å². The third kappa shape index (κ3) is 1.39. The van der Waals surface area contributed by atoms with Crippen molar-refractivity contribution in [3.63, 3.8) is 0 Å². The number of rotatable bonds is 1. The van der Waals surface area contributed by atoms with Crippen molar-refractivity contribution in [2.75, 3.05) is 5.84 Å². The summed E-state index contributed by atoms with van der Waals surface area (Å²) in [6.45, 7) is 0. The van der Waals surface area contributed by atoms with Crippen LogP contribution in [0.15, 0.2) is 29.1 Å². The highest BCUT2D eigenvalue weighted by atomic mass is 16.2. The Balaban J connectivity index is 2.84. The Bertz CT molecular complexity index is 619. The second-order valence-electron chi connectivity index (χ2n) is 3.10. The number of benzene rings is 1. The Labute approximate surface area is 89.6 Å². The highest BCUT2D eigenvalue weighted by Gasteiger charge is 2.14. The summed E-state index contributed by atoms with van der Waals surface area (Å²) in [5.41, 5.74) is 1.77. The van der Waals surface area contributed by atoms with Crippen molar-refractivity contribution in [1.82, 2.24) is 15.1 Å². The predicted molar refractivity (Wildman–Crippen MR) is 57.8 cm³/mol. The first-order chi connectivity index (χ1) is 7.65. The summed E-state index contributed by atoms with van der Waals surface area (Å²) in [4.78, 5) is 27.0. The lowest BCUT2D eigenvalue weighted by molar-refractivity contribution is 0.0939. The number of nitrogens with two attached hydrogens (primary N) is 2. The minimum absolute atomic E-state index is 0.230. The molecule has 2 rings (SSSR count). The zero-order valence-electron chi connectivity index (χ0n) is 8.18. The Kier molecular flexibility index (Phi) is 2.29. The van der Waals surface area contributed by atoms with Gasteiger partial charge in [0.15, 0.2) is 0 Å². The van der Waals surface area contributed by atoms with E-state index < -0.39 is 11.5 Å². The van der Waals surface area contributed by atoms with Gasteiger partial charge < -0.3 is 5.84 Å². The molecule has 0 saturated carbocycles. The number of nitrogens with one attached hydrogen (secondary N) is 1. The average molecular weight is 219 g/mol. The highest BCUT2D eigenvalue weighted by molar-refractivity contribution is 5.92. The quantitative estimate of drug-likeness (QED) is 0.313. The van der Waals surface area contributed by atoms with Crippen molar-refractivity contribution in [2.24, 2.45) is 5.84 Å². The number of para-hydroxylation sites is 1. The van der Waals surface area contributed by atoms with Crippen LogP contribution in [-0.4, -0.2) is 15.6 Å². The van der Waals surface area contributed by atoms with E-state index in [0.717, 1.165) is 0 Å². The van der Waals surface area contributed by atoms with Crippen LogP contribution < -0.4 is 22.7 Å². The molecule has 0 saturated heterocycles. The van der Waals surface area contributed by atoms with Gasteiger partial charge in [-0.05, 0) is 12.1 Å². The van der Waals surface area contributed by atoms with E-state index in [9.17, 15) is 9.59 Å². The van der Waals surface area contributed by atoms with Crippen molar-refractivity contribution in [3.05, 3.63) is 40.4 Å². The number of nitrogen functional groups attached to an aromatic ring is 2. The van der Waals surface area contributed by atoms with Crippen LogP contribution >= 0.6 is 0 Å². The summed E-state index contributed by atoms with van der Waals surface area (Å²) < 4.78 is 0.671. The molecule has 5 N–H and O–H groups in total. The number of hydrazine groups is 1. The van der Waals surface area contributed by atoms with Gasteiger partial charge in [0.1, 0.15) is 0 Å². The van der Waals surface area contributed by atoms with E-state index in [2.05, 4.69) is 4.98 Å². The molecule has 0 bridgehead atoms. The van der Waals surface area contributed by atoms with Crippen molar-refractivity contribution < 1.29 is 4.79 Å². The fourth-order valence-electron chi connectivity index (χ4n) is 1.37. The number of fused-ring (bicyclic) bond motifs is 1. The molecule has 1 aromatic heterocycles. The molecule has 7 nitrogen and oxygen atoms in total. The maximum atomic E-state index is 11.7. The molecule has 0 aliphatic heterocycles. The fourth-order valence-corrected chi connectivity index (χ4v) is 1.37. The number of amides is 1. The minimum Gasteiger partial charge on any atom is -0.334 e. The lowest BCUT2D eigenvalue weighted by Gasteiger charge is -2.06. The van der Waals surface area contributed by atoms with Crippen LogP contribution in [0.3, 0.4) is 0 Å². The zero-order valence-corrected chi connectivity index (χ0v) is 8.18. The van der Waals surface area contributed by atoms with Gasteiger partial charge >= 0.3 is 5.91 Å². The molecule has 0 fully saturated rings. The number of aromatic nitrogens is 2. The van der Waals surface area contributed by atoms with Gasteiger partial charge in [0.2, 0.25) is 5.82 Å². The van der Waals surface area contributed by atoms with E-state index in [-0.39, 0.29) is 5.82 Å². The van der Waals surface area contributed by atoms with Crippen molar-refractivity contribution >= 4 is 16.8 Å². The highest BCUT2D eigenvalue weighted by Crippen LogP contribution is 2.06. The first-order valence-corrected chi connectivity index (χ1v) is 4.43. The standard InChI is InChI=1S/C9H9N5O2/c10-13-8(15)7-12-6-4-2-1-3-5(6)9(16)14(7)11/h1-4H,10-11H2,(H,13,15). The van der Waals surface area contributed by atoms with Crippen LogP contribution in [0, 0.1) is 0 Å². The Morgan fingerprint density at radius 1 is 1.38 bits per heavy atom. The van der Waals surface area contributed by atoms with Crippen LogP contribution in [-0.2, 0) is 0 Å². The molecule has 0 unspecified atom stereocenters. The molecule has 0 spiro atoms. The van der Waals surface area contributed by atoms with Crippen molar-refractivity contribution in [2.45, 2.75) is 0 Å². The molecule has 82 valence electrons. The summed E-state index contributed by atoms with van der Waals surface area (Å²) in [7, 11) is 0.